The first-order valence-corrected chi connectivity index (χ1v) is 13.6. The Morgan fingerprint density at radius 1 is 1.15 bits per heavy atom. The van der Waals surface area contributed by atoms with E-state index in [4.69, 9.17) is 4.98 Å². The second-order valence-corrected chi connectivity index (χ2v) is 11.7. The topological polar surface area (TPSA) is 131 Å². The number of imidazole rings is 1. The highest BCUT2D eigenvalue weighted by Gasteiger charge is 2.54. The van der Waals surface area contributed by atoms with E-state index >= 15 is 0 Å². The molecule has 1 spiro atoms. The van der Waals surface area contributed by atoms with Gasteiger partial charge in [-0.15, -0.1) is 0 Å². The zero-order valence-electron chi connectivity index (χ0n) is 21.6. The maximum absolute atomic E-state index is 14.0. The molecule has 2 unspecified atom stereocenters. The van der Waals surface area contributed by atoms with Crippen LogP contribution in [0.1, 0.15) is 90.9 Å². The summed E-state index contributed by atoms with van der Waals surface area (Å²) in [4.78, 5) is 32.6. The average molecular weight is 541 g/mol. The normalized spacial score (nSPS) is 23.7. The molecule has 206 valence electrons. The second-order valence-electron chi connectivity index (χ2n) is 11.7. The molecular formula is C26H30F2N8O3. The molecule has 2 atom stereocenters. The standard InChI is InChI=1S/C26H30F2N8O3/c1-14-20(34-39-33-14)23(37)31-21(15-4-6-26(27,28)7-5-15)18-12-36-19(30-18)10-17(11-29-36)22(16-2-3-16)35-13-25(8-9-25)32-24(35)38/h10-12,15-16,21-22H,2-9,13H2,1H3,(H,31,37)(H,32,38). The first-order valence-electron chi connectivity index (χ1n) is 13.6. The lowest BCUT2D eigenvalue weighted by molar-refractivity contribution is -0.0495. The van der Waals surface area contributed by atoms with Crippen LogP contribution in [0.15, 0.2) is 23.1 Å². The van der Waals surface area contributed by atoms with Crippen molar-refractivity contribution in [3.8, 4) is 0 Å². The first-order chi connectivity index (χ1) is 18.7. The van der Waals surface area contributed by atoms with Crippen molar-refractivity contribution in [2.75, 3.05) is 6.54 Å². The van der Waals surface area contributed by atoms with Gasteiger partial charge < -0.3 is 15.5 Å². The molecule has 7 rings (SSSR count). The van der Waals surface area contributed by atoms with E-state index in [0.29, 0.717) is 29.5 Å². The highest BCUT2D eigenvalue weighted by atomic mass is 19.3. The minimum atomic E-state index is -2.70. The molecule has 13 heteroatoms. The molecule has 0 aromatic carbocycles. The van der Waals surface area contributed by atoms with Crippen LogP contribution in [-0.4, -0.2) is 59.8 Å². The molecule has 11 nitrogen and oxygen atoms in total. The van der Waals surface area contributed by atoms with Gasteiger partial charge >= 0.3 is 6.03 Å². The monoisotopic (exact) mass is 540 g/mol. The summed E-state index contributed by atoms with van der Waals surface area (Å²) in [5, 5.41) is 18.1. The van der Waals surface area contributed by atoms with Gasteiger partial charge in [-0.2, -0.15) is 5.10 Å². The number of alkyl halides is 2. The quantitative estimate of drug-likeness (QED) is 0.467. The number of aryl methyl sites for hydroxylation is 1. The smallest absolute Gasteiger partial charge is 0.318 e. The summed E-state index contributed by atoms with van der Waals surface area (Å²) in [7, 11) is 0. The van der Waals surface area contributed by atoms with E-state index in [9.17, 15) is 18.4 Å². The lowest BCUT2D eigenvalue weighted by atomic mass is 9.81. The van der Waals surface area contributed by atoms with Gasteiger partial charge in [-0.1, -0.05) is 5.16 Å². The lowest BCUT2D eigenvalue weighted by Gasteiger charge is -2.33. The Kier molecular flexibility index (Phi) is 5.43. The molecule has 1 aliphatic heterocycles. The fourth-order valence-electron chi connectivity index (χ4n) is 6.21. The van der Waals surface area contributed by atoms with Crippen LogP contribution in [0.2, 0.25) is 0 Å². The van der Waals surface area contributed by atoms with E-state index < -0.39 is 17.9 Å². The van der Waals surface area contributed by atoms with Crippen molar-refractivity contribution in [3.63, 3.8) is 0 Å². The number of amides is 3. The summed E-state index contributed by atoms with van der Waals surface area (Å²) in [6.07, 6.45) is 7.66. The molecule has 3 saturated carbocycles. The minimum Gasteiger partial charge on any atom is -0.342 e. The molecule has 2 N–H and O–H groups in total. The molecule has 4 fully saturated rings. The van der Waals surface area contributed by atoms with E-state index in [1.807, 2.05) is 11.0 Å². The summed E-state index contributed by atoms with van der Waals surface area (Å²) in [5.41, 5.74) is 2.37. The summed E-state index contributed by atoms with van der Waals surface area (Å²) < 4.78 is 34.2. The van der Waals surface area contributed by atoms with E-state index in [1.165, 1.54) is 0 Å². The molecular weight excluding hydrogens is 510 g/mol. The van der Waals surface area contributed by atoms with Crippen LogP contribution in [-0.2, 0) is 0 Å². The van der Waals surface area contributed by atoms with Crippen LogP contribution in [0.5, 0.6) is 0 Å². The molecule has 39 heavy (non-hydrogen) atoms. The summed E-state index contributed by atoms with van der Waals surface area (Å²) >= 11 is 0. The van der Waals surface area contributed by atoms with Gasteiger partial charge in [-0.3, -0.25) is 4.79 Å². The molecule has 3 amide bonds. The molecule has 0 bridgehead atoms. The summed E-state index contributed by atoms with van der Waals surface area (Å²) in [6.45, 7) is 2.31. The first kappa shape index (κ1) is 24.4. The molecule has 0 radical (unpaired) electrons. The number of nitrogens with one attached hydrogen (secondary N) is 2. The number of halogens is 2. The summed E-state index contributed by atoms with van der Waals surface area (Å²) in [6, 6.07) is 1.24. The van der Waals surface area contributed by atoms with Crippen LogP contribution in [0, 0.1) is 18.8 Å². The van der Waals surface area contributed by atoms with Gasteiger partial charge in [0.05, 0.1) is 35.7 Å². The Labute approximate surface area is 222 Å². The number of urea groups is 1. The SMILES string of the molecule is Cc1nonc1C(=O)NC(c1cn2ncc(C(C3CC3)N3CC4(CC4)NC3=O)cc2n1)C1CCC(F)(F)CC1. The number of nitrogens with zero attached hydrogens (tertiary/aromatic N) is 6. The van der Waals surface area contributed by atoms with Crippen molar-refractivity contribution >= 4 is 17.6 Å². The Balaban J connectivity index is 1.20. The van der Waals surface area contributed by atoms with Gasteiger partial charge in [0.2, 0.25) is 5.92 Å². The highest BCUT2D eigenvalue weighted by molar-refractivity contribution is 5.93. The number of carbonyl (C=O) groups excluding carboxylic acids is 2. The van der Waals surface area contributed by atoms with Crippen LogP contribution < -0.4 is 10.6 Å². The molecule has 3 aromatic heterocycles. The van der Waals surface area contributed by atoms with Crippen LogP contribution in [0.25, 0.3) is 5.65 Å². The minimum absolute atomic E-state index is 0.0252. The molecule has 1 saturated heterocycles. The molecule has 3 aromatic rings. The van der Waals surface area contributed by atoms with Gasteiger partial charge in [-0.25, -0.2) is 27.7 Å². The van der Waals surface area contributed by atoms with Crippen LogP contribution >= 0.6 is 0 Å². The van der Waals surface area contributed by atoms with Gasteiger partial charge in [-0.05, 0) is 74.1 Å². The predicted octanol–water partition coefficient (Wildman–Crippen LogP) is 3.73. The van der Waals surface area contributed by atoms with Gasteiger partial charge in [0.1, 0.15) is 5.69 Å². The van der Waals surface area contributed by atoms with Crippen molar-refractivity contribution in [2.45, 2.75) is 81.8 Å². The van der Waals surface area contributed by atoms with Crippen LogP contribution in [0.3, 0.4) is 0 Å². The van der Waals surface area contributed by atoms with Crippen LogP contribution in [0.4, 0.5) is 13.6 Å². The van der Waals surface area contributed by atoms with Crippen molar-refractivity contribution in [2.24, 2.45) is 11.8 Å². The Hall–Kier alpha value is -3.64. The maximum Gasteiger partial charge on any atom is 0.318 e. The van der Waals surface area contributed by atoms with Gasteiger partial charge in [0, 0.05) is 19.4 Å². The number of carbonyl (C=O) groups is 2. The Morgan fingerprint density at radius 2 is 1.92 bits per heavy atom. The zero-order chi connectivity index (χ0) is 26.9. The van der Waals surface area contributed by atoms with Gasteiger partial charge in [0.25, 0.3) is 5.91 Å². The van der Waals surface area contributed by atoms with Crippen molar-refractivity contribution < 1.29 is 23.0 Å². The highest BCUT2D eigenvalue weighted by Crippen LogP contribution is 2.49. The second kappa shape index (κ2) is 8.68. The molecule has 3 aliphatic carbocycles. The largest absolute Gasteiger partial charge is 0.342 e. The third-order valence-corrected chi connectivity index (χ3v) is 8.77. The lowest BCUT2D eigenvalue weighted by Crippen LogP contribution is -2.37. The number of aromatic nitrogens is 5. The maximum atomic E-state index is 14.0. The van der Waals surface area contributed by atoms with Gasteiger partial charge in [0.15, 0.2) is 11.3 Å². The number of rotatable bonds is 7. The van der Waals surface area contributed by atoms with Crippen molar-refractivity contribution in [1.82, 2.24) is 40.4 Å². The Morgan fingerprint density at radius 3 is 2.56 bits per heavy atom. The molecule has 4 heterocycles. The van der Waals surface area contributed by atoms with Crippen molar-refractivity contribution in [1.29, 1.82) is 0 Å². The number of hydrogen-bond donors (Lipinski definition) is 2. The van der Waals surface area contributed by atoms with Crippen molar-refractivity contribution in [3.05, 3.63) is 41.1 Å². The van der Waals surface area contributed by atoms with E-state index in [0.717, 1.165) is 31.2 Å². The Bertz CT molecular complexity index is 1440. The van der Waals surface area contributed by atoms with E-state index in [1.54, 1.807) is 23.8 Å². The number of hydrogen-bond acceptors (Lipinski definition) is 7. The third-order valence-electron chi connectivity index (χ3n) is 8.77. The fraction of sp³-hybridized carbons (Fsp3) is 0.615. The zero-order valence-corrected chi connectivity index (χ0v) is 21.6. The fourth-order valence-corrected chi connectivity index (χ4v) is 6.21. The third kappa shape index (κ3) is 4.51. The average Bonchev–Trinajstić information content (AvgIpc) is 3.75. The summed E-state index contributed by atoms with van der Waals surface area (Å²) in [5.74, 6) is -3.05. The predicted molar refractivity (Wildman–Crippen MR) is 132 cm³/mol. The number of fused-ring (bicyclic) bond motifs is 1. The van der Waals surface area contributed by atoms with E-state index in [2.05, 4.69) is 30.7 Å². The van der Waals surface area contributed by atoms with E-state index in [-0.39, 0.29) is 54.9 Å². The molecule has 4 aliphatic rings.